The predicted octanol–water partition coefficient (Wildman–Crippen LogP) is 2.11. The Morgan fingerprint density at radius 2 is 1.85 bits per heavy atom. The number of ether oxygens (including phenoxy) is 1. The van der Waals surface area contributed by atoms with Crippen molar-refractivity contribution >= 4 is 15.7 Å². The van der Waals surface area contributed by atoms with Crippen LogP contribution in [-0.4, -0.2) is 24.7 Å². The molecule has 0 amide bonds. The molecule has 0 spiro atoms. The van der Waals surface area contributed by atoms with Crippen molar-refractivity contribution in [3.63, 3.8) is 0 Å². The van der Waals surface area contributed by atoms with Crippen molar-refractivity contribution in [1.29, 1.82) is 0 Å². The zero-order chi connectivity index (χ0) is 14.8. The lowest BCUT2D eigenvalue weighted by atomic mass is 10.3. The fourth-order valence-electron chi connectivity index (χ4n) is 1.32. The van der Waals surface area contributed by atoms with E-state index in [1.807, 2.05) is 0 Å². The first-order chi connectivity index (χ1) is 9.26. The van der Waals surface area contributed by atoms with Crippen LogP contribution in [0.15, 0.2) is 41.8 Å². The van der Waals surface area contributed by atoms with Gasteiger partial charge in [-0.15, -0.1) is 13.2 Å². The second-order valence-electron chi connectivity index (χ2n) is 3.59. The number of nitrogens with zero attached hydrogens (tertiary/aromatic N) is 1. The van der Waals surface area contributed by atoms with Crippen molar-refractivity contribution < 1.29 is 26.3 Å². The van der Waals surface area contributed by atoms with Gasteiger partial charge in [-0.2, -0.15) is 8.42 Å². The Balaban J connectivity index is 2.12. The molecule has 0 unspecified atom stereocenters. The van der Waals surface area contributed by atoms with Crippen LogP contribution in [0.1, 0.15) is 0 Å². The number of benzene rings is 1. The van der Waals surface area contributed by atoms with Gasteiger partial charge in [0, 0.05) is 5.69 Å². The molecular weight excluding hydrogens is 299 g/mol. The number of alkyl halides is 3. The molecule has 1 aromatic heterocycles. The van der Waals surface area contributed by atoms with Gasteiger partial charge in [-0.05, 0) is 24.3 Å². The zero-order valence-corrected chi connectivity index (χ0v) is 10.5. The predicted molar refractivity (Wildman–Crippen MR) is 62.5 cm³/mol. The van der Waals surface area contributed by atoms with Crippen LogP contribution in [0.25, 0.3) is 0 Å². The van der Waals surface area contributed by atoms with Crippen molar-refractivity contribution in [3.05, 3.63) is 36.8 Å². The lowest BCUT2D eigenvalue weighted by Crippen LogP contribution is -2.17. The number of aromatic nitrogens is 2. The molecule has 2 rings (SSSR count). The molecule has 0 saturated heterocycles. The van der Waals surface area contributed by atoms with Gasteiger partial charge in [0.15, 0.2) is 5.03 Å². The van der Waals surface area contributed by atoms with Gasteiger partial charge in [-0.25, -0.2) is 4.98 Å². The van der Waals surface area contributed by atoms with Crippen LogP contribution in [0.4, 0.5) is 18.9 Å². The highest BCUT2D eigenvalue weighted by molar-refractivity contribution is 7.92. The summed E-state index contributed by atoms with van der Waals surface area (Å²) in [5, 5.41) is -0.159. The summed E-state index contributed by atoms with van der Waals surface area (Å²) in [7, 11) is -3.85. The molecule has 1 heterocycles. The average molecular weight is 307 g/mol. The van der Waals surface area contributed by atoms with Crippen molar-refractivity contribution in [1.82, 2.24) is 9.97 Å². The number of hydrogen-bond donors (Lipinski definition) is 2. The van der Waals surface area contributed by atoms with Crippen LogP contribution in [0, 0.1) is 0 Å². The lowest BCUT2D eigenvalue weighted by molar-refractivity contribution is -0.274. The van der Waals surface area contributed by atoms with Gasteiger partial charge in [0.25, 0.3) is 10.0 Å². The van der Waals surface area contributed by atoms with Crippen LogP contribution in [0.5, 0.6) is 5.75 Å². The number of H-pyrrole nitrogens is 1. The van der Waals surface area contributed by atoms with Gasteiger partial charge in [0.05, 0.1) is 12.5 Å². The molecule has 0 bridgehead atoms. The number of sulfonamides is 1. The maximum atomic E-state index is 12.0. The average Bonchev–Trinajstić information content (AvgIpc) is 2.84. The van der Waals surface area contributed by atoms with E-state index in [-0.39, 0.29) is 10.7 Å². The standard InChI is InChI=1S/C10H8F3N3O3S/c11-10(12,13)19-8-3-1-7(2-4-8)16-20(17,18)9-5-14-6-15-9/h1-6,16H,(H,14,15). The van der Waals surface area contributed by atoms with Gasteiger partial charge in [0.1, 0.15) is 5.75 Å². The highest BCUT2D eigenvalue weighted by Crippen LogP contribution is 2.24. The summed E-state index contributed by atoms with van der Waals surface area (Å²) in [4.78, 5) is 5.97. The molecule has 20 heavy (non-hydrogen) atoms. The number of rotatable bonds is 4. The number of halogens is 3. The molecule has 0 atom stereocenters. The first kappa shape index (κ1) is 14.2. The summed E-state index contributed by atoms with van der Waals surface area (Å²) in [6.07, 6.45) is -2.50. The zero-order valence-electron chi connectivity index (χ0n) is 9.68. The molecule has 0 aliphatic carbocycles. The molecule has 0 radical (unpaired) electrons. The van der Waals surface area contributed by atoms with Crippen molar-refractivity contribution in [3.8, 4) is 5.75 Å². The summed E-state index contributed by atoms with van der Waals surface area (Å²) in [6.45, 7) is 0. The normalized spacial score (nSPS) is 12.2. The maximum absolute atomic E-state index is 12.0. The molecule has 2 aromatic rings. The maximum Gasteiger partial charge on any atom is 0.573 e. The Morgan fingerprint density at radius 1 is 1.20 bits per heavy atom. The Labute approximate surface area is 111 Å². The molecule has 0 aliphatic heterocycles. The van der Waals surface area contributed by atoms with Crippen LogP contribution in [-0.2, 0) is 10.0 Å². The van der Waals surface area contributed by atoms with E-state index in [2.05, 4.69) is 19.4 Å². The molecule has 10 heteroatoms. The topological polar surface area (TPSA) is 84.1 Å². The van der Waals surface area contributed by atoms with E-state index < -0.39 is 22.1 Å². The van der Waals surface area contributed by atoms with E-state index in [4.69, 9.17) is 0 Å². The molecule has 0 fully saturated rings. The smallest absolute Gasteiger partial charge is 0.406 e. The number of hydrogen-bond acceptors (Lipinski definition) is 4. The molecule has 1 aromatic carbocycles. The minimum atomic E-state index is -4.79. The van der Waals surface area contributed by atoms with Crippen molar-refractivity contribution in [2.24, 2.45) is 0 Å². The Morgan fingerprint density at radius 3 is 2.35 bits per heavy atom. The van der Waals surface area contributed by atoms with E-state index >= 15 is 0 Å². The fraction of sp³-hybridized carbons (Fsp3) is 0.100. The van der Waals surface area contributed by atoms with E-state index in [1.54, 1.807) is 0 Å². The summed E-state index contributed by atoms with van der Waals surface area (Å²) in [5.41, 5.74) is 0.0918. The SMILES string of the molecule is O=S(=O)(Nc1ccc(OC(F)(F)F)cc1)c1cnc[nH]1. The Kier molecular flexibility index (Phi) is 3.57. The first-order valence-corrected chi connectivity index (χ1v) is 6.62. The molecule has 0 aliphatic rings. The highest BCUT2D eigenvalue weighted by Gasteiger charge is 2.31. The monoisotopic (exact) mass is 307 g/mol. The summed E-state index contributed by atoms with van der Waals surface area (Å²) in [5.74, 6) is -0.443. The van der Waals surface area contributed by atoms with E-state index in [0.29, 0.717) is 0 Å². The van der Waals surface area contributed by atoms with Gasteiger partial charge < -0.3 is 9.72 Å². The molecule has 108 valence electrons. The second-order valence-corrected chi connectivity index (χ2v) is 5.24. The van der Waals surface area contributed by atoms with Crippen LogP contribution in [0.3, 0.4) is 0 Å². The summed E-state index contributed by atoms with van der Waals surface area (Å²) < 4.78 is 65.3. The van der Waals surface area contributed by atoms with Crippen molar-refractivity contribution in [2.75, 3.05) is 4.72 Å². The largest absolute Gasteiger partial charge is 0.573 e. The Hall–Kier alpha value is -2.23. The number of anilines is 1. The fourth-order valence-corrected chi connectivity index (χ4v) is 2.29. The Bertz CT molecular complexity index is 666. The minimum Gasteiger partial charge on any atom is -0.406 e. The third kappa shape index (κ3) is 3.63. The number of aromatic amines is 1. The van der Waals surface area contributed by atoms with E-state index in [0.717, 1.165) is 30.5 Å². The third-order valence-electron chi connectivity index (χ3n) is 2.10. The van der Waals surface area contributed by atoms with E-state index in [1.165, 1.54) is 6.33 Å². The van der Waals surface area contributed by atoms with Gasteiger partial charge in [0.2, 0.25) is 0 Å². The third-order valence-corrected chi connectivity index (χ3v) is 3.41. The van der Waals surface area contributed by atoms with E-state index in [9.17, 15) is 21.6 Å². The van der Waals surface area contributed by atoms with Crippen LogP contribution >= 0.6 is 0 Å². The van der Waals surface area contributed by atoms with Gasteiger partial charge in [-0.1, -0.05) is 0 Å². The van der Waals surface area contributed by atoms with Crippen LogP contribution in [0.2, 0.25) is 0 Å². The van der Waals surface area contributed by atoms with Crippen LogP contribution < -0.4 is 9.46 Å². The molecule has 6 nitrogen and oxygen atoms in total. The quantitative estimate of drug-likeness (QED) is 0.906. The molecule has 2 N–H and O–H groups in total. The summed E-state index contributed by atoms with van der Waals surface area (Å²) in [6, 6.07) is 4.29. The van der Waals surface area contributed by atoms with Gasteiger partial charge >= 0.3 is 6.36 Å². The second kappa shape index (κ2) is 5.04. The highest BCUT2D eigenvalue weighted by atomic mass is 32.2. The van der Waals surface area contributed by atoms with Crippen molar-refractivity contribution in [2.45, 2.75) is 11.4 Å². The minimum absolute atomic E-state index is 0.0918. The lowest BCUT2D eigenvalue weighted by Gasteiger charge is -2.10. The number of nitrogens with one attached hydrogen (secondary N) is 2. The summed E-state index contributed by atoms with van der Waals surface area (Å²) >= 11 is 0. The molecular formula is C10H8F3N3O3S. The first-order valence-electron chi connectivity index (χ1n) is 5.13. The van der Waals surface area contributed by atoms with Gasteiger partial charge in [-0.3, -0.25) is 4.72 Å². The number of imidazole rings is 1. The molecule has 0 saturated carbocycles.